The third kappa shape index (κ3) is 4.12. The van der Waals surface area contributed by atoms with E-state index in [2.05, 4.69) is 4.90 Å². The summed E-state index contributed by atoms with van der Waals surface area (Å²) in [5.41, 5.74) is 1.84. The van der Waals surface area contributed by atoms with Crippen LogP contribution in [0.4, 0.5) is 10.5 Å². The van der Waals surface area contributed by atoms with Gasteiger partial charge in [0.05, 0.1) is 12.0 Å². The largest absolute Gasteiger partial charge is 0.496 e. The number of hydrogen-bond acceptors (Lipinski definition) is 6. The molecule has 7 nitrogen and oxygen atoms in total. The molecule has 3 amide bonds. The monoisotopic (exact) mass is 415 g/mol. The number of hydrogen-bond donors (Lipinski definition) is 0. The zero-order valence-corrected chi connectivity index (χ0v) is 17.4. The molecule has 154 valence electrons. The molecule has 1 aromatic rings. The van der Waals surface area contributed by atoms with Crippen molar-refractivity contribution < 1.29 is 19.1 Å². The third-order valence-electron chi connectivity index (χ3n) is 5.60. The molecule has 3 aliphatic rings. The standard InChI is InChI=1S/C21H25N3O4S/c1-28-17-13-16(22-8-2-3-9-22)7-6-15(17)12-18-20(26)24(21(27)29-18)14-19(25)23-10-4-5-11-23/h6-7,12-13H,2-5,8-11,14H2,1H3. The minimum absolute atomic E-state index is 0.168. The number of anilines is 1. The minimum Gasteiger partial charge on any atom is -0.496 e. The first-order chi connectivity index (χ1) is 14.1. The number of ether oxygens (including phenoxy) is 1. The lowest BCUT2D eigenvalue weighted by Crippen LogP contribution is -2.40. The van der Waals surface area contributed by atoms with Gasteiger partial charge in [-0.2, -0.15) is 0 Å². The molecule has 0 spiro atoms. The van der Waals surface area contributed by atoms with Gasteiger partial charge in [0.25, 0.3) is 11.1 Å². The van der Waals surface area contributed by atoms with E-state index in [-0.39, 0.29) is 12.5 Å². The van der Waals surface area contributed by atoms with Crippen LogP contribution in [0.3, 0.4) is 0 Å². The summed E-state index contributed by atoms with van der Waals surface area (Å²) < 4.78 is 5.53. The Bertz CT molecular complexity index is 857. The average molecular weight is 416 g/mol. The van der Waals surface area contributed by atoms with Crippen LogP contribution in [0, 0.1) is 0 Å². The molecule has 0 N–H and O–H groups in total. The molecule has 0 aliphatic carbocycles. The van der Waals surface area contributed by atoms with E-state index >= 15 is 0 Å². The first-order valence-corrected chi connectivity index (χ1v) is 10.8. The molecule has 0 atom stereocenters. The maximum Gasteiger partial charge on any atom is 0.294 e. The van der Waals surface area contributed by atoms with Crippen molar-refractivity contribution in [2.24, 2.45) is 0 Å². The van der Waals surface area contributed by atoms with Crippen molar-refractivity contribution in [2.45, 2.75) is 25.7 Å². The van der Waals surface area contributed by atoms with E-state index in [0.29, 0.717) is 23.7 Å². The highest BCUT2D eigenvalue weighted by Gasteiger charge is 2.37. The lowest BCUT2D eigenvalue weighted by Gasteiger charge is -2.19. The second-order valence-corrected chi connectivity index (χ2v) is 8.47. The summed E-state index contributed by atoms with van der Waals surface area (Å²) >= 11 is 0.872. The topological polar surface area (TPSA) is 70.2 Å². The first kappa shape index (κ1) is 19.8. The first-order valence-electron chi connectivity index (χ1n) is 10.0. The van der Waals surface area contributed by atoms with Crippen LogP contribution >= 0.6 is 11.8 Å². The summed E-state index contributed by atoms with van der Waals surface area (Å²) in [7, 11) is 1.60. The van der Waals surface area contributed by atoms with Gasteiger partial charge in [-0.25, -0.2) is 0 Å². The number of imide groups is 1. The zero-order valence-electron chi connectivity index (χ0n) is 16.6. The van der Waals surface area contributed by atoms with Gasteiger partial charge in [0.15, 0.2) is 0 Å². The second kappa shape index (κ2) is 8.49. The Morgan fingerprint density at radius 1 is 1.10 bits per heavy atom. The Hall–Kier alpha value is -2.48. The molecule has 0 bridgehead atoms. The average Bonchev–Trinajstić information content (AvgIpc) is 3.48. The molecule has 3 aliphatic heterocycles. The van der Waals surface area contributed by atoms with Crippen molar-refractivity contribution in [1.82, 2.24) is 9.80 Å². The van der Waals surface area contributed by atoms with Crippen LogP contribution in [-0.2, 0) is 9.59 Å². The van der Waals surface area contributed by atoms with Gasteiger partial charge in [0.2, 0.25) is 5.91 Å². The van der Waals surface area contributed by atoms with Crippen molar-refractivity contribution in [3.63, 3.8) is 0 Å². The van der Waals surface area contributed by atoms with Gasteiger partial charge in [-0.05, 0) is 55.7 Å². The molecule has 0 radical (unpaired) electrons. The van der Waals surface area contributed by atoms with E-state index in [9.17, 15) is 14.4 Å². The molecule has 3 saturated heterocycles. The number of rotatable bonds is 5. The maximum atomic E-state index is 12.7. The number of carbonyl (C=O) groups excluding carboxylic acids is 3. The fraction of sp³-hybridized carbons (Fsp3) is 0.476. The summed E-state index contributed by atoms with van der Waals surface area (Å²) in [4.78, 5) is 42.8. The molecule has 0 unspecified atom stereocenters. The van der Waals surface area contributed by atoms with Gasteiger partial charge < -0.3 is 14.5 Å². The number of benzene rings is 1. The molecule has 0 aromatic heterocycles. The molecule has 4 rings (SSSR count). The van der Waals surface area contributed by atoms with Crippen LogP contribution < -0.4 is 9.64 Å². The van der Waals surface area contributed by atoms with Gasteiger partial charge in [-0.15, -0.1) is 0 Å². The van der Waals surface area contributed by atoms with E-state index in [1.165, 1.54) is 12.8 Å². The number of likely N-dealkylation sites (tertiary alicyclic amines) is 1. The predicted molar refractivity (Wildman–Crippen MR) is 113 cm³/mol. The minimum atomic E-state index is -0.418. The maximum absolute atomic E-state index is 12.7. The molecule has 3 fully saturated rings. The fourth-order valence-electron chi connectivity index (χ4n) is 3.97. The molecule has 1 aromatic carbocycles. The Morgan fingerprint density at radius 2 is 1.79 bits per heavy atom. The highest BCUT2D eigenvalue weighted by Crippen LogP contribution is 2.35. The number of nitrogens with zero attached hydrogens (tertiary/aromatic N) is 3. The second-order valence-electron chi connectivity index (χ2n) is 7.48. The summed E-state index contributed by atoms with van der Waals surface area (Å²) in [6.45, 7) is 3.28. The summed E-state index contributed by atoms with van der Waals surface area (Å²) in [6.07, 6.45) is 6.00. The Kier molecular flexibility index (Phi) is 5.80. The van der Waals surface area contributed by atoms with Crippen LogP contribution in [-0.4, -0.2) is 66.7 Å². The summed E-state index contributed by atoms with van der Waals surface area (Å²) in [6, 6.07) is 5.90. The quantitative estimate of drug-likeness (QED) is 0.689. The van der Waals surface area contributed by atoms with Crippen LogP contribution in [0.15, 0.2) is 23.1 Å². The lowest BCUT2D eigenvalue weighted by molar-refractivity contribution is -0.135. The Labute approximate surface area is 174 Å². The number of amides is 3. The predicted octanol–water partition coefficient (Wildman–Crippen LogP) is 2.95. The van der Waals surface area contributed by atoms with E-state index < -0.39 is 11.1 Å². The van der Waals surface area contributed by atoms with Crippen molar-refractivity contribution in [3.8, 4) is 5.75 Å². The molecule has 0 saturated carbocycles. The van der Waals surface area contributed by atoms with Crippen LogP contribution in [0.2, 0.25) is 0 Å². The zero-order chi connectivity index (χ0) is 20.4. The van der Waals surface area contributed by atoms with Gasteiger partial charge in [0.1, 0.15) is 12.3 Å². The summed E-state index contributed by atoms with van der Waals surface area (Å²) in [5, 5.41) is -0.401. The van der Waals surface area contributed by atoms with E-state index in [1.807, 2.05) is 18.2 Å². The highest BCUT2D eigenvalue weighted by molar-refractivity contribution is 8.18. The Balaban J connectivity index is 1.51. The Morgan fingerprint density at radius 3 is 2.48 bits per heavy atom. The molecule has 8 heteroatoms. The number of carbonyl (C=O) groups is 3. The van der Waals surface area contributed by atoms with E-state index in [0.717, 1.165) is 53.8 Å². The lowest BCUT2D eigenvalue weighted by atomic mass is 10.1. The smallest absolute Gasteiger partial charge is 0.294 e. The van der Waals surface area contributed by atoms with Gasteiger partial charge in [-0.1, -0.05) is 0 Å². The van der Waals surface area contributed by atoms with Crippen LogP contribution in [0.5, 0.6) is 5.75 Å². The van der Waals surface area contributed by atoms with Crippen LogP contribution in [0.1, 0.15) is 31.2 Å². The SMILES string of the molecule is COc1cc(N2CCCC2)ccc1C=C1SC(=O)N(CC(=O)N2CCCC2)C1=O. The summed E-state index contributed by atoms with van der Waals surface area (Å²) in [5.74, 6) is 0.0751. The molecular weight excluding hydrogens is 390 g/mol. The van der Waals surface area contributed by atoms with E-state index in [1.54, 1.807) is 18.1 Å². The van der Waals surface area contributed by atoms with Gasteiger partial charge in [-0.3, -0.25) is 19.3 Å². The third-order valence-corrected chi connectivity index (χ3v) is 6.51. The molecule has 3 heterocycles. The van der Waals surface area contributed by atoms with Crippen LogP contribution in [0.25, 0.3) is 6.08 Å². The molecular formula is C21H25N3O4S. The van der Waals surface area contributed by atoms with Crippen molar-refractivity contribution in [1.29, 1.82) is 0 Å². The van der Waals surface area contributed by atoms with Gasteiger partial charge in [0, 0.05) is 43.5 Å². The van der Waals surface area contributed by atoms with E-state index in [4.69, 9.17) is 4.74 Å². The number of thioether (sulfide) groups is 1. The highest BCUT2D eigenvalue weighted by atomic mass is 32.2. The van der Waals surface area contributed by atoms with Crippen molar-refractivity contribution in [3.05, 3.63) is 28.7 Å². The number of methoxy groups -OCH3 is 1. The van der Waals surface area contributed by atoms with Gasteiger partial charge >= 0.3 is 0 Å². The normalized spacial score (nSPS) is 21.0. The van der Waals surface area contributed by atoms with Crippen molar-refractivity contribution >= 4 is 40.6 Å². The molecule has 29 heavy (non-hydrogen) atoms. The van der Waals surface area contributed by atoms with Crippen molar-refractivity contribution in [2.75, 3.05) is 44.7 Å². The fourth-order valence-corrected chi connectivity index (χ4v) is 4.80.